The van der Waals surface area contributed by atoms with Gasteiger partial charge in [0.05, 0.1) is 18.9 Å². The average Bonchev–Trinajstić information content (AvgIpc) is 1.61. The molecule has 0 spiro atoms. The molecule has 1 saturated heterocycles. The molecule has 28 heteroatoms. The first-order chi connectivity index (χ1) is 43.5. The molecule has 1 aliphatic heterocycles. The van der Waals surface area contributed by atoms with Crippen LogP contribution in [0.4, 0.5) is 0 Å². The molecule has 0 bridgehead atoms. The normalized spacial score (nSPS) is 16.1. The van der Waals surface area contributed by atoms with Gasteiger partial charge in [0.15, 0.2) is 0 Å². The molecule has 0 saturated carbocycles. The molecule has 10 amide bonds. The maximum atomic E-state index is 15.0. The SMILES string of the molecule is CC(C)C[C@H](NC(=O)[C@@H](NC(=O)[C@@H](N)C(C)C)C(C)N)C(=O)N[C@@H](Cc1ccc(O)cc1)C(=O)N1CCC[C@H]1C(=O)N[C@@H](Cc1ccccc1)C(=O)N[C@@H](Cc1ccccc1)C(=O)N[C@@H](CC(N)=O)C(=O)N[C@@H](CC(=O)O)C(=O)N[C@@H](Cc1ccc(O)cc1)C(=O)O. The van der Waals surface area contributed by atoms with Crippen LogP contribution in [0.3, 0.4) is 0 Å². The number of carbonyl (C=O) groups is 12. The molecule has 0 radical (unpaired) electrons. The second kappa shape index (κ2) is 34.9. The van der Waals surface area contributed by atoms with Gasteiger partial charge in [0.25, 0.3) is 0 Å². The second-order valence-corrected chi connectivity index (χ2v) is 23.6. The largest absolute Gasteiger partial charge is 0.508 e. The molecule has 1 unspecified atom stereocenters. The first kappa shape index (κ1) is 72.8. The number of aromatic hydroxyl groups is 2. The summed E-state index contributed by atoms with van der Waals surface area (Å²) in [6.45, 7) is 8.57. The molecule has 1 heterocycles. The minimum Gasteiger partial charge on any atom is -0.508 e. The molecule has 1 aliphatic rings. The zero-order valence-corrected chi connectivity index (χ0v) is 51.8. The summed E-state index contributed by atoms with van der Waals surface area (Å²) in [4.78, 5) is 166. The van der Waals surface area contributed by atoms with Crippen LogP contribution in [0.25, 0.3) is 0 Å². The monoisotopic (exact) mass is 1280 g/mol. The lowest BCUT2D eigenvalue weighted by Crippen LogP contribution is -2.62. The van der Waals surface area contributed by atoms with Crippen LogP contribution >= 0.6 is 0 Å². The maximum absolute atomic E-state index is 15.0. The van der Waals surface area contributed by atoms with E-state index in [9.17, 15) is 73.2 Å². The molecule has 0 aliphatic carbocycles. The van der Waals surface area contributed by atoms with E-state index >= 15 is 4.79 Å². The summed E-state index contributed by atoms with van der Waals surface area (Å²) in [7, 11) is 0. The van der Waals surface area contributed by atoms with Crippen LogP contribution < -0.4 is 59.7 Å². The van der Waals surface area contributed by atoms with Crippen molar-refractivity contribution < 1.29 is 78.0 Å². The van der Waals surface area contributed by atoms with Crippen molar-refractivity contribution in [3.05, 3.63) is 131 Å². The first-order valence-electron chi connectivity index (χ1n) is 30.1. The molecule has 4 aromatic carbocycles. The third-order valence-electron chi connectivity index (χ3n) is 15.2. The van der Waals surface area contributed by atoms with Gasteiger partial charge in [0.1, 0.15) is 65.9 Å². The summed E-state index contributed by atoms with van der Waals surface area (Å²) in [6.07, 6.45) is -2.52. The zero-order chi connectivity index (χ0) is 67.9. The highest BCUT2D eigenvalue weighted by atomic mass is 16.4. The number of nitrogens with two attached hydrogens (primary N) is 3. The van der Waals surface area contributed by atoms with Crippen molar-refractivity contribution >= 4 is 71.0 Å². The van der Waals surface area contributed by atoms with Gasteiger partial charge in [-0.05, 0) is 84.5 Å². The summed E-state index contributed by atoms with van der Waals surface area (Å²) < 4.78 is 0. The number of benzene rings is 4. The molecule has 4 aromatic rings. The summed E-state index contributed by atoms with van der Waals surface area (Å²) in [5, 5.41) is 59.7. The highest BCUT2D eigenvalue weighted by molar-refractivity contribution is 6.00. The van der Waals surface area contributed by atoms with Gasteiger partial charge in [-0.25, -0.2) is 4.79 Å². The number of rotatable bonds is 34. The summed E-state index contributed by atoms with van der Waals surface area (Å²) in [6, 6.07) is 12.0. The number of nitrogens with zero attached hydrogens (tertiary/aromatic N) is 1. The van der Waals surface area contributed by atoms with Crippen molar-refractivity contribution in [2.75, 3.05) is 6.54 Å². The first-order valence-corrected chi connectivity index (χ1v) is 30.1. The molecule has 0 aromatic heterocycles. The lowest BCUT2D eigenvalue weighted by atomic mass is 9.99. The van der Waals surface area contributed by atoms with Crippen LogP contribution in [0, 0.1) is 11.8 Å². The molecule has 1 fully saturated rings. The predicted molar refractivity (Wildman–Crippen MR) is 334 cm³/mol. The van der Waals surface area contributed by atoms with E-state index in [2.05, 4.69) is 42.5 Å². The van der Waals surface area contributed by atoms with Gasteiger partial charge in [-0.3, -0.25) is 52.7 Å². The summed E-state index contributed by atoms with van der Waals surface area (Å²) >= 11 is 0. The number of hydrogen-bond donors (Lipinski definition) is 15. The molecular formula is C64H84N12O16. The fraction of sp³-hybridized carbons (Fsp3) is 0.438. The molecule has 28 nitrogen and oxygen atoms in total. The second-order valence-electron chi connectivity index (χ2n) is 23.6. The quantitative estimate of drug-likeness (QED) is 0.0268. The van der Waals surface area contributed by atoms with Gasteiger partial charge in [-0.2, -0.15) is 0 Å². The van der Waals surface area contributed by atoms with Crippen molar-refractivity contribution in [1.29, 1.82) is 0 Å². The number of hydrogen-bond acceptors (Lipinski definition) is 16. The Morgan fingerprint density at radius 2 is 0.880 bits per heavy atom. The lowest BCUT2D eigenvalue weighted by molar-refractivity contribution is -0.144. The van der Waals surface area contributed by atoms with Gasteiger partial charge < -0.3 is 85.1 Å². The van der Waals surface area contributed by atoms with Crippen LogP contribution in [0.15, 0.2) is 109 Å². The number of carboxylic acid groups (broad SMARTS) is 2. The third kappa shape index (κ3) is 22.8. The topological polar surface area (TPSA) is 463 Å². The van der Waals surface area contributed by atoms with Gasteiger partial charge >= 0.3 is 11.9 Å². The van der Waals surface area contributed by atoms with E-state index in [0.29, 0.717) is 28.7 Å². The maximum Gasteiger partial charge on any atom is 0.326 e. The van der Waals surface area contributed by atoms with Gasteiger partial charge in [-0.15, -0.1) is 0 Å². The highest BCUT2D eigenvalue weighted by Gasteiger charge is 2.41. The summed E-state index contributed by atoms with van der Waals surface area (Å²) in [5.74, 6) is -13.3. The highest BCUT2D eigenvalue weighted by Crippen LogP contribution is 2.22. The predicted octanol–water partition coefficient (Wildman–Crippen LogP) is -0.951. The Morgan fingerprint density at radius 1 is 0.478 bits per heavy atom. The minimum absolute atomic E-state index is 0.0137. The van der Waals surface area contributed by atoms with E-state index in [1.807, 2.05) is 0 Å². The van der Waals surface area contributed by atoms with E-state index in [1.54, 1.807) is 88.4 Å². The fourth-order valence-electron chi connectivity index (χ4n) is 10.1. The molecule has 92 heavy (non-hydrogen) atoms. The van der Waals surface area contributed by atoms with E-state index in [-0.39, 0.29) is 68.4 Å². The van der Waals surface area contributed by atoms with Gasteiger partial charge in [-0.1, -0.05) is 113 Å². The Labute approximate surface area is 531 Å². The van der Waals surface area contributed by atoms with E-state index in [4.69, 9.17) is 17.2 Å². The van der Waals surface area contributed by atoms with Crippen LogP contribution in [0.5, 0.6) is 11.5 Å². The lowest BCUT2D eigenvalue weighted by Gasteiger charge is -2.32. The zero-order valence-electron chi connectivity index (χ0n) is 51.8. The van der Waals surface area contributed by atoms with Crippen molar-refractivity contribution in [2.45, 2.75) is 159 Å². The van der Waals surface area contributed by atoms with Crippen LogP contribution in [-0.2, 0) is 83.2 Å². The molecule has 11 atom stereocenters. The third-order valence-corrected chi connectivity index (χ3v) is 15.2. The number of primary amides is 1. The van der Waals surface area contributed by atoms with Crippen LogP contribution in [-0.4, -0.2) is 169 Å². The van der Waals surface area contributed by atoms with E-state index in [0.717, 1.165) is 0 Å². The number of carbonyl (C=O) groups excluding carboxylic acids is 10. The number of nitrogens with one attached hydrogen (secondary N) is 8. The Morgan fingerprint density at radius 3 is 1.34 bits per heavy atom. The molecule has 496 valence electrons. The average molecular weight is 1280 g/mol. The number of carboxylic acids is 2. The number of amides is 10. The molecule has 5 rings (SSSR count). The van der Waals surface area contributed by atoms with Crippen molar-refractivity contribution in [3.63, 3.8) is 0 Å². The van der Waals surface area contributed by atoms with Crippen LogP contribution in [0.1, 0.15) is 89.0 Å². The molecule has 18 N–H and O–H groups in total. The molecular weight excluding hydrogens is 1190 g/mol. The van der Waals surface area contributed by atoms with Crippen LogP contribution in [0.2, 0.25) is 0 Å². The van der Waals surface area contributed by atoms with E-state index in [1.165, 1.54) is 60.4 Å². The van der Waals surface area contributed by atoms with Crippen molar-refractivity contribution in [1.82, 2.24) is 47.4 Å². The smallest absolute Gasteiger partial charge is 0.326 e. The number of likely N-dealkylation sites (tertiary alicyclic amines) is 1. The number of phenols is 2. The minimum atomic E-state index is -1.98. The Hall–Kier alpha value is -9.96. The van der Waals surface area contributed by atoms with Crippen molar-refractivity contribution in [2.24, 2.45) is 29.0 Å². The Balaban J connectivity index is 1.42. The van der Waals surface area contributed by atoms with Gasteiger partial charge in [0.2, 0.25) is 59.1 Å². The number of aliphatic carboxylic acids is 2. The Kier molecular flexibility index (Phi) is 27.6. The Bertz CT molecular complexity index is 3230. The summed E-state index contributed by atoms with van der Waals surface area (Å²) in [5.41, 5.74) is 19.6. The fourth-order valence-corrected chi connectivity index (χ4v) is 10.1. The van der Waals surface area contributed by atoms with E-state index < -0.39 is 150 Å². The van der Waals surface area contributed by atoms with Gasteiger partial charge in [0, 0.05) is 38.3 Å². The van der Waals surface area contributed by atoms with Crippen molar-refractivity contribution in [3.8, 4) is 11.5 Å². The number of phenolic OH excluding ortho intramolecular Hbond substituents is 2. The standard InChI is InChI=1S/C64H84N12O16/c1-34(2)27-43(72-62(89)54(36(5)65)75-61(88)53(67)35(3)4)55(82)73-48(30-39-18-22-41(77)23-19-39)63(90)76-26-12-17-50(76)60(87)71-45(29-38-15-10-7-11-16-38)57(84)68-44(28-37-13-8-6-9-14-37)56(83)69-46(32-51(66)79)58(85)70-47(33-52(80)81)59(86)74-49(64(91)92)31-40-20-24-42(78)25-21-40/h6-11,13-16,18-25,34-36,43-50,53-54,77-78H,12,17,26-33,65,67H2,1-5H3,(H2,66,79)(H,68,84)(H,69,83)(H,70,85)(H,71,87)(H,72,89)(H,73,82)(H,74,86)(H,75,88)(H,80,81)(H,91,92)/t36?,43-,44-,45-,46-,47-,48-,49-,50-,53-,54-/m0/s1.